The molecule has 3 N–H and O–H groups in total. The lowest BCUT2D eigenvalue weighted by Crippen LogP contribution is -2.20. The first kappa shape index (κ1) is 20.1. The maximum Gasteiger partial charge on any atom is 0.340 e. The lowest BCUT2D eigenvalue weighted by molar-refractivity contribution is 0.0603. The summed E-state index contributed by atoms with van der Waals surface area (Å²) in [7, 11) is 1.31. The zero-order valence-electron chi connectivity index (χ0n) is 16.8. The highest BCUT2D eigenvalue weighted by Gasteiger charge is 2.22. The Kier molecular flexibility index (Phi) is 5.02. The number of anilines is 3. The number of hydrogen-bond donors (Lipinski definition) is 3. The van der Waals surface area contributed by atoms with Crippen molar-refractivity contribution in [2.24, 2.45) is 0 Å². The first-order chi connectivity index (χ1) is 15.5. The van der Waals surface area contributed by atoms with Crippen molar-refractivity contribution >= 4 is 45.8 Å². The van der Waals surface area contributed by atoms with Gasteiger partial charge >= 0.3 is 5.97 Å². The minimum absolute atomic E-state index is 0.257. The smallest absolute Gasteiger partial charge is 0.340 e. The largest absolute Gasteiger partial charge is 0.486 e. The topological polar surface area (TPSA) is 101 Å². The fourth-order valence-electron chi connectivity index (χ4n) is 3.62. The molecule has 0 amide bonds. The van der Waals surface area contributed by atoms with Gasteiger partial charge < -0.3 is 25.1 Å². The van der Waals surface area contributed by atoms with Crippen LogP contribution in [0.25, 0.3) is 22.3 Å². The van der Waals surface area contributed by atoms with Crippen LogP contribution in [-0.2, 0) is 4.74 Å². The second kappa shape index (κ2) is 8.01. The second-order valence-corrected chi connectivity index (χ2v) is 7.47. The van der Waals surface area contributed by atoms with E-state index in [9.17, 15) is 9.18 Å². The average Bonchev–Trinajstić information content (AvgIpc) is 3.25. The number of halogens is 2. The van der Waals surface area contributed by atoms with Gasteiger partial charge in [-0.1, -0.05) is 11.6 Å². The minimum atomic E-state index is -0.497. The molecule has 0 atom stereocenters. The molecule has 3 aromatic heterocycles. The Balaban J connectivity index is 1.67. The fraction of sp³-hybridized carbons (Fsp3) is 0.136. The predicted octanol–water partition coefficient (Wildman–Crippen LogP) is 4.75. The Labute approximate surface area is 186 Å². The first-order valence-electron chi connectivity index (χ1n) is 9.73. The van der Waals surface area contributed by atoms with Crippen molar-refractivity contribution in [2.75, 3.05) is 30.9 Å². The van der Waals surface area contributed by atoms with E-state index in [1.54, 1.807) is 24.5 Å². The molecule has 4 heterocycles. The van der Waals surface area contributed by atoms with Gasteiger partial charge in [-0.3, -0.25) is 0 Å². The van der Waals surface area contributed by atoms with E-state index >= 15 is 0 Å². The number of rotatable bonds is 4. The molecule has 10 heteroatoms. The summed E-state index contributed by atoms with van der Waals surface area (Å²) in [5.41, 5.74) is 2.61. The number of aromatic amines is 1. The van der Waals surface area contributed by atoms with Crippen LogP contribution in [0, 0.1) is 5.82 Å². The zero-order valence-corrected chi connectivity index (χ0v) is 17.6. The molecule has 0 aliphatic carbocycles. The van der Waals surface area contributed by atoms with Crippen molar-refractivity contribution in [1.82, 2.24) is 15.0 Å². The van der Waals surface area contributed by atoms with Crippen LogP contribution in [0.3, 0.4) is 0 Å². The lowest BCUT2D eigenvalue weighted by atomic mass is 10.1. The molecule has 32 heavy (non-hydrogen) atoms. The molecule has 0 fully saturated rings. The van der Waals surface area contributed by atoms with E-state index in [1.165, 1.54) is 25.3 Å². The van der Waals surface area contributed by atoms with Crippen LogP contribution in [0.15, 0.2) is 42.7 Å². The van der Waals surface area contributed by atoms with Gasteiger partial charge in [-0.05, 0) is 30.3 Å². The van der Waals surface area contributed by atoms with Gasteiger partial charge in [-0.25, -0.2) is 19.2 Å². The quantitative estimate of drug-likeness (QED) is 0.383. The number of pyridine rings is 2. The molecular weight excluding hydrogens is 437 g/mol. The van der Waals surface area contributed by atoms with E-state index in [1.807, 2.05) is 0 Å². The molecule has 5 rings (SSSR count). The zero-order chi connectivity index (χ0) is 22.2. The van der Waals surface area contributed by atoms with Crippen LogP contribution >= 0.6 is 11.6 Å². The van der Waals surface area contributed by atoms with Crippen LogP contribution in [-0.4, -0.2) is 41.2 Å². The number of carbonyl (C=O) groups is 1. The van der Waals surface area contributed by atoms with Crippen LogP contribution in [0.2, 0.25) is 5.02 Å². The SMILES string of the molecule is COC(=O)c1c[nH]c2nccc(Nc3cc(-c4cc(Cl)ccc4F)nc4c3OCCN4)c12. The number of H-pyrrole nitrogens is 1. The predicted molar refractivity (Wildman–Crippen MR) is 119 cm³/mol. The average molecular weight is 454 g/mol. The summed E-state index contributed by atoms with van der Waals surface area (Å²) in [4.78, 5) is 24.0. The van der Waals surface area contributed by atoms with Crippen LogP contribution < -0.4 is 15.4 Å². The summed E-state index contributed by atoms with van der Waals surface area (Å²) in [5, 5.41) is 7.43. The number of benzene rings is 1. The Morgan fingerprint density at radius 3 is 3.00 bits per heavy atom. The maximum absolute atomic E-state index is 14.6. The van der Waals surface area contributed by atoms with Gasteiger partial charge in [0.15, 0.2) is 11.6 Å². The number of nitrogens with one attached hydrogen (secondary N) is 3. The van der Waals surface area contributed by atoms with Gasteiger partial charge in [0.1, 0.15) is 18.1 Å². The standard InChI is InChI=1S/C22H17ClFN5O3/c1-31-22(30)13-10-27-20-18(13)15(4-5-25-20)28-17-9-16(12-8-11(23)2-3-14(12)24)29-21-19(17)32-7-6-26-21/h2-5,8-10H,6-7H2,1H3,(H3,25,26,27,28,29). The van der Waals surface area contributed by atoms with Gasteiger partial charge in [0.25, 0.3) is 0 Å². The number of carbonyl (C=O) groups excluding carboxylic acids is 1. The highest BCUT2D eigenvalue weighted by Crippen LogP contribution is 2.41. The van der Waals surface area contributed by atoms with Crippen molar-refractivity contribution in [1.29, 1.82) is 0 Å². The fourth-order valence-corrected chi connectivity index (χ4v) is 3.80. The normalized spacial score (nSPS) is 12.6. The van der Waals surface area contributed by atoms with Crippen LogP contribution in [0.5, 0.6) is 5.75 Å². The van der Waals surface area contributed by atoms with E-state index in [-0.39, 0.29) is 5.56 Å². The molecule has 0 saturated carbocycles. The molecule has 0 radical (unpaired) electrons. The Morgan fingerprint density at radius 1 is 1.28 bits per heavy atom. The molecule has 0 bridgehead atoms. The van der Waals surface area contributed by atoms with Crippen molar-refractivity contribution in [3.8, 4) is 17.0 Å². The third-order valence-electron chi connectivity index (χ3n) is 5.07. The van der Waals surface area contributed by atoms with Crippen molar-refractivity contribution in [2.45, 2.75) is 0 Å². The van der Waals surface area contributed by atoms with Gasteiger partial charge in [-0.15, -0.1) is 0 Å². The molecule has 0 saturated heterocycles. The van der Waals surface area contributed by atoms with Crippen molar-refractivity contribution in [3.05, 3.63) is 59.1 Å². The van der Waals surface area contributed by atoms with Gasteiger partial charge in [0, 0.05) is 23.0 Å². The molecule has 1 aliphatic rings. The number of fused-ring (bicyclic) bond motifs is 2. The number of hydrogen-bond acceptors (Lipinski definition) is 7. The Bertz CT molecular complexity index is 1360. The summed E-state index contributed by atoms with van der Waals surface area (Å²) in [6, 6.07) is 7.70. The van der Waals surface area contributed by atoms with Crippen molar-refractivity contribution in [3.63, 3.8) is 0 Å². The van der Waals surface area contributed by atoms with Crippen LogP contribution in [0.1, 0.15) is 10.4 Å². The van der Waals surface area contributed by atoms with E-state index < -0.39 is 11.8 Å². The number of nitrogens with zero attached hydrogens (tertiary/aromatic N) is 2. The number of methoxy groups -OCH3 is 1. The molecule has 162 valence electrons. The monoisotopic (exact) mass is 453 g/mol. The molecular formula is C22H17ClFN5O3. The molecule has 0 unspecified atom stereocenters. The summed E-state index contributed by atoms with van der Waals surface area (Å²) in [6.07, 6.45) is 3.15. The minimum Gasteiger partial charge on any atom is -0.486 e. The first-order valence-corrected chi connectivity index (χ1v) is 10.1. The summed E-state index contributed by atoms with van der Waals surface area (Å²) in [6.45, 7) is 1.00. The molecule has 1 aliphatic heterocycles. The summed E-state index contributed by atoms with van der Waals surface area (Å²) >= 11 is 6.09. The van der Waals surface area contributed by atoms with Crippen molar-refractivity contribution < 1.29 is 18.7 Å². The van der Waals surface area contributed by atoms with Crippen LogP contribution in [0.4, 0.5) is 21.6 Å². The molecule has 0 spiro atoms. The van der Waals surface area contributed by atoms with E-state index in [4.69, 9.17) is 21.1 Å². The van der Waals surface area contributed by atoms with E-state index in [2.05, 4.69) is 25.6 Å². The Hall–Kier alpha value is -3.85. The number of esters is 1. The van der Waals surface area contributed by atoms with E-state index in [0.29, 0.717) is 63.4 Å². The Morgan fingerprint density at radius 2 is 2.16 bits per heavy atom. The number of ether oxygens (including phenoxy) is 2. The van der Waals surface area contributed by atoms with Gasteiger partial charge in [-0.2, -0.15) is 0 Å². The maximum atomic E-state index is 14.6. The highest BCUT2D eigenvalue weighted by atomic mass is 35.5. The molecule has 4 aromatic rings. The number of aromatic nitrogens is 3. The highest BCUT2D eigenvalue weighted by molar-refractivity contribution is 6.30. The third-order valence-corrected chi connectivity index (χ3v) is 5.30. The molecule has 1 aromatic carbocycles. The lowest BCUT2D eigenvalue weighted by Gasteiger charge is -2.23. The van der Waals surface area contributed by atoms with Gasteiger partial charge in [0.2, 0.25) is 0 Å². The third kappa shape index (κ3) is 3.46. The van der Waals surface area contributed by atoms with Gasteiger partial charge in [0.05, 0.1) is 41.7 Å². The molecule has 8 nitrogen and oxygen atoms in total. The summed E-state index contributed by atoms with van der Waals surface area (Å²) in [5.74, 6) is 0.0174. The second-order valence-electron chi connectivity index (χ2n) is 7.03. The summed E-state index contributed by atoms with van der Waals surface area (Å²) < 4.78 is 25.3. The van der Waals surface area contributed by atoms with E-state index in [0.717, 1.165) is 0 Å².